The third kappa shape index (κ3) is 5.70. The molecule has 9 N–H and O–H groups in total. The summed E-state index contributed by atoms with van der Waals surface area (Å²) in [5, 5.41) is 91.3. The van der Waals surface area contributed by atoms with Crippen molar-refractivity contribution in [2.45, 2.75) is 80.9 Å². The van der Waals surface area contributed by atoms with Gasteiger partial charge in [-0.2, -0.15) is 0 Å². The number of hydrogen-bond donors (Lipinski definition) is 9. The molecule has 0 unspecified atom stereocenters. The Balaban J connectivity index is 1.30. The van der Waals surface area contributed by atoms with Gasteiger partial charge in [0.1, 0.15) is 71.6 Å². The van der Waals surface area contributed by atoms with Gasteiger partial charge in [0.2, 0.25) is 6.29 Å². The second kappa shape index (κ2) is 11.8. The van der Waals surface area contributed by atoms with Crippen LogP contribution in [0.25, 0.3) is 0 Å². The summed E-state index contributed by atoms with van der Waals surface area (Å²) < 4.78 is 27.9. The number of ether oxygens (including phenoxy) is 5. The van der Waals surface area contributed by atoms with Crippen molar-refractivity contribution in [1.29, 1.82) is 0 Å². The molecule has 0 aliphatic carbocycles. The van der Waals surface area contributed by atoms with Gasteiger partial charge in [-0.05, 0) is 24.6 Å². The minimum Gasteiger partial charge on any atom is -0.507 e. The van der Waals surface area contributed by atoms with E-state index >= 15 is 0 Å². The van der Waals surface area contributed by atoms with Crippen LogP contribution < -0.4 is 9.47 Å². The second-order valence-electron chi connectivity index (χ2n) is 10.4. The molecule has 15 heteroatoms. The number of aliphatic hydroxyl groups excluding tert-OH is 6. The normalized spacial score (nSPS) is 36.6. The smallest absolute Gasteiger partial charge is 0.229 e. The van der Waals surface area contributed by atoms with E-state index in [1.165, 1.54) is 31.2 Å². The number of aliphatic hydroxyl groups is 6. The van der Waals surface area contributed by atoms with Gasteiger partial charge in [0.05, 0.1) is 19.1 Å². The van der Waals surface area contributed by atoms with Crippen LogP contribution in [0.15, 0.2) is 30.3 Å². The molecule has 0 spiro atoms. The maximum Gasteiger partial charge on any atom is 0.229 e. The maximum atomic E-state index is 12.8. The van der Waals surface area contributed by atoms with Crippen molar-refractivity contribution in [3.05, 3.63) is 41.5 Å². The molecule has 42 heavy (non-hydrogen) atoms. The molecular formula is C27H32O15. The quantitative estimate of drug-likeness (QED) is 0.173. The lowest BCUT2D eigenvalue weighted by Gasteiger charge is -2.42. The standard InChI is InChI=1S/C27H32O15/c1-9-20(32)22(34)24(36)26(39-9)38-8-18-21(33)23(35)25(37)27(42-18)40-11-5-14(30)19-15(31)7-16(41-17(19)6-11)10-2-3-12(28)13(29)4-10/h2-6,9,16,18,20-30,32-37H,7-8H2,1H3/t9-,16-,18-,20-,21+,22+,23+,24-,25-,26+,27+/m0/s1. The molecule has 0 amide bonds. The molecule has 0 radical (unpaired) electrons. The van der Waals surface area contributed by atoms with Crippen LogP contribution in [-0.4, -0.2) is 120 Å². The van der Waals surface area contributed by atoms with Crippen molar-refractivity contribution in [2.75, 3.05) is 6.61 Å². The highest BCUT2D eigenvalue weighted by atomic mass is 16.7. The van der Waals surface area contributed by atoms with Crippen LogP contribution in [0, 0.1) is 0 Å². The monoisotopic (exact) mass is 596 g/mol. The predicted molar refractivity (Wildman–Crippen MR) is 136 cm³/mol. The molecule has 11 atom stereocenters. The Morgan fingerprint density at radius 3 is 2.19 bits per heavy atom. The van der Waals surface area contributed by atoms with Gasteiger partial charge in [0.25, 0.3) is 0 Å². The Bertz CT molecular complexity index is 1300. The van der Waals surface area contributed by atoms with Crippen LogP contribution in [0.2, 0.25) is 0 Å². The number of fused-ring (bicyclic) bond motifs is 1. The molecule has 2 aromatic rings. The lowest BCUT2D eigenvalue weighted by molar-refractivity contribution is -0.318. The van der Waals surface area contributed by atoms with Crippen molar-refractivity contribution in [1.82, 2.24) is 0 Å². The highest BCUT2D eigenvalue weighted by Crippen LogP contribution is 2.43. The van der Waals surface area contributed by atoms with Gasteiger partial charge in [0.15, 0.2) is 23.6 Å². The van der Waals surface area contributed by atoms with Crippen molar-refractivity contribution in [2.24, 2.45) is 0 Å². The van der Waals surface area contributed by atoms with Crippen molar-refractivity contribution in [3.63, 3.8) is 0 Å². The molecule has 0 saturated carbocycles. The SMILES string of the molecule is C[C@@H]1O[C@@H](OC[C@@H]2O[C@@H](Oc3cc(O)c4c(c3)O[C@H](c3ccc(O)c(O)c3)CC4=O)[C@@H](O)[C@H](O)[C@@H]2O)[C@@H](O)[C@H](O)[C@H]1O. The maximum absolute atomic E-state index is 12.8. The lowest BCUT2D eigenvalue weighted by Crippen LogP contribution is -2.61. The second-order valence-corrected chi connectivity index (χ2v) is 10.4. The number of ketones is 1. The minimum absolute atomic E-state index is 0.0807. The summed E-state index contributed by atoms with van der Waals surface area (Å²) in [6.45, 7) is 0.949. The van der Waals surface area contributed by atoms with Crippen LogP contribution in [-0.2, 0) is 14.2 Å². The molecule has 15 nitrogen and oxygen atoms in total. The fourth-order valence-corrected chi connectivity index (χ4v) is 5.04. The molecular weight excluding hydrogens is 564 g/mol. The zero-order valence-electron chi connectivity index (χ0n) is 22.1. The first kappa shape index (κ1) is 30.2. The number of carbonyl (C=O) groups is 1. The summed E-state index contributed by atoms with van der Waals surface area (Å²) in [5.74, 6) is -1.96. The molecule has 3 heterocycles. The molecule has 2 fully saturated rings. The fraction of sp³-hybridized carbons (Fsp3) is 0.519. The van der Waals surface area contributed by atoms with E-state index in [0.717, 1.165) is 6.07 Å². The Kier molecular flexibility index (Phi) is 8.48. The predicted octanol–water partition coefficient (Wildman–Crippen LogP) is -1.46. The number of aromatic hydroxyl groups is 3. The van der Waals surface area contributed by atoms with E-state index in [-0.39, 0.29) is 29.2 Å². The van der Waals surface area contributed by atoms with Crippen LogP contribution in [0.3, 0.4) is 0 Å². The minimum atomic E-state index is -1.78. The van der Waals surface area contributed by atoms with E-state index in [1.54, 1.807) is 0 Å². The fourth-order valence-electron chi connectivity index (χ4n) is 5.04. The van der Waals surface area contributed by atoms with Crippen LogP contribution in [0.1, 0.15) is 35.4 Å². The van der Waals surface area contributed by atoms with Crippen LogP contribution >= 0.6 is 0 Å². The largest absolute Gasteiger partial charge is 0.507 e. The molecule has 2 aromatic carbocycles. The number of phenols is 3. The van der Waals surface area contributed by atoms with Gasteiger partial charge in [-0.1, -0.05) is 6.07 Å². The van der Waals surface area contributed by atoms with E-state index in [9.17, 15) is 50.8 Å². The molecule has 0 bridgehead atoms. The van der Waals surface area contributed by atoms with Gasteiger partial charge < -0.3 is 69.6 Å². The summed E-state index contributed by atoms with van der Waals surface area (Å²) in [5.41, 5.74) is 0.255. The summed E-state index contributed by atoms with van der Waals surface area (Å²) in [4.78, 5) is 12.8. The summed E-state index contributed by atoms with van der Waals surface area (Å²) in [6.07, 6.45) is -16.1. The number of carbonyl (C=O) groups excluding carboxylic acids is 1. The van der Waals surface area contributed by atoms with Gasteiger partial charge in [-0.3, -0.25) is 4.79 Å². The molecule has 230 valence electrons. The third-order valence-corrected chi connectivity index (χ3v) is 7.50. The topological polar surface area (TPSA) is 245 Å². The van der Waals surface area contributed by atoms with Gasteiger partial charge >= 0.3 is 0 Å². The lowest BCUT2D eigenvalue weighted by atomic mass is 9.95. The Hall–Kier alpha value is -3.25. The first-order chi connectivity index (χ1) is 19.8. The Morgan fingerprint density at radius 2 is 1.48 bits per heavy atom. The zero-order valence-corrected chi connectivity index (χ0v) is 22.1. The van der Waals surface area contributed by atoms with E-state index in [2.05, 4.69) is 0 Å². The van der Waals surface area contributed by atoms with Gasteiger partial charge in [0, 0.05) is 12.1 Å². The number of Topliss-reactive ketones (excluding diaryl/α,β-unsaturated/α-hetero) is 1. The highest BCUT2D eigenvalue weighted by molar-refractivity contribution is 6.02. The number of benzene rings is 2. The van der Waals surface area contributed by atoms with E-state index in [1.807, 2.05) is 0 Å². The van der Waals surface area contributed by atoms with E-state index < -0.39 is 91.4 Å². The van der Waals surface area contributed by atoms with Crippen LogP contribution in [0.4, 0.5) is 0 Å². The third-order valence-electron chi connectivity index (χ3n) is 7.50. The molecule has 2 saturated heterocycles. The number of phenolic OH excluding ortho intramolecular Hbond substituents is 3. The van der Waals surface area contributed by atoms with Crippen molar-refractivity contribution >= 4 is 5.78 Å². The summed E-state index contributed by atoms with van der Waals surface area (Å²) >= 11 is 0. The molecule has 3 aliphatic heterocycles. The molecule has 0 aromatic heterocycles. The Labute approximate surface area is 238 Å². The summed E-state index contributed by atoms with van der Waals surface area (Å²) in [7, 11) is 0. The van der Waals surface area contributed by atoms with Gasteiger partial charge in [-0.25, -0.2) is 0 Å². The first-order valence-corrected chi connectivity index (χ1v) is 13.1. The molecule has 3 aliphatic rings. The zero-order chi connectivity index (χ0) is 30.5. The van der Waals surface area contributed by atoms with Crippen LogP contribution in [0.5, 0.6) is 28.7 Å². The van der Waals surface area contributed by atoms with E-state index in [0.29, 0.717) is 5.56 Å². The number of hydrogen-bond acceptors (Lipinski definition) is 15. The van der Waals surface area contributed by atoms with Gasteiger partial charge in [-0.15, -0.1) is 0 Å². The Morgan fingerprint density at radius 1 is 0.786 bits per heavy atom. The van der Waals surface area contributed by atoms with Crippen molar-refractivity contribution < 1.29 is 74.4 Å². The van der Waals surface area contributed by atoms with Crippen molar-refractivity contribution in [3.8, 4) is 28.7 Å². The highest BCUT2D eigenvalue weighted by Gasteiger charge is 2.47. The summed E-state index contributed by atoms with van der Waals surface area (Å²) in [6, 6.07) is 6.26. The molecule has 5 rings (SSSR count). The average molecular weight is 597 g/mol. The first-order valence-electron chi connectivity index (χ1n) is 13.1. The average Bonchev–Trinajstić information content (AvgIpc) is 2.95. The number of rotatable bonds is 6. The van der Waals surface area contributed by atoms with E-state index in [4.69, 9.17) is 23.7 Å².